The number of nitro groups is 1. The molecule has 1 N–H and O–H groups in total. The lowest BCUT2D eigenvalue weighted by Gasteiger charge is -2.16. The van der Waals surface area contributed by atoms with Crippen molar-refractivity contribution in [3.63, 3.8) is 0 Å². The van der Waals surface area contributed by atoms with Crippen LogP contribution in [0.4, 0.5) is 5.82 Å². The molecule has 0 saturated carbocycles. The minimum Gasteiger partial charge on any atom is -0.482 e. The highest BCUT2D eigenvalue weighted by molar-refractivity contribution is 5.75. The standard InChI is InChI=1S/C15H16N4O6/c1-17(14(20)9-18-7-6-13(16-18)19(23)24)8-11-2-4-12(5-3-11)25-10-15(21)22/h2-7H,8-10H2,1H3,(H,21,22). The number of ether oxygens (including phenoxy) is 1. The fraction of sp³-hybridized carbons (Fsp3) is 0.267. The van der Waals surface area contributed by atoms with Crippen LogP contribution in [0.5, 0.6) is 5.75 Å². The zero-order valence-corrected chi connectivity index (χ0v) is 13.4. The average Bonchev–Trinajstić information content (AvgIpc) is 3.03. The minimum absolute atomic E-state index is 0.107. The Morgan fingerprint density at radius 1 is 1.32 bits per heavy atom. The van der Waals surface area contributed by atoms with Gasteiger partial charge < -0.3 is 24.9 Å². The average molecular weight is 348 g/mol. The summed E-state index contributed by atoms with van der Waals surface area (Å²) in [7, 11) is 1.61. The van der Waals surface area contributed by atoms with Crippen LogP contribution in [-0.2, 0) is 22.7 Å². The molecule has 1 aromatic heterocycles. The number of amides is 1. The first-order valence-electron chi connectivity index (χ1n) is 7.20. The van der Waals surface area contributed by atoms with Gasteiger partial charge in [0.25, 0.3) is 0 Å². The smallest absolute Gasteiger partial charge is 0.389 e. The number of nitrogens with zero attached hydrogens (tertiary/aromatic N) is 4. The molecule has 10 heteroatoms. The lowest BCUT2D eigenvalue weighted by Crippen LogP contribution is -2.29. The lowest BCUT2D eigenvalue weighted by molar-refractivity contribution is -0.389. The van der Waals surface area contributed by atoms with Crippen LogP contribution in [0, 0.1) is 10.1 Å². The van der Waals surface area contributed by atoms with Gasteiger partial charge >= 0.3 is 11.8 Å². The van der Waals surface area contributed by atoms with Crippen LogP contribution in [0.25, 0.3) is 0 Å². The largest absolute Gasteiger partial charge is 0.482 e. The molecule has 10 nitrogen and oxygen atoms in total. The maximum atomic E-state index is 12.1. The second-order valence-corrected chi connectivity index (χ2v) is 5.20. The molecule has 0 aliphatic carbocycles. The number of benzene rings is 1. The number of aromatic nitrogens is 2. The molecule has 1 heterocycles. The van der Waals surface area contributed by atoms with E-state index in [1.807, 2.05) is 0 Å². The summed E-state index contributed by atoms with van der Waals surface area (Å²) in [5, 5.41) is 22.8. The van der Waals surface area contributed by atoms with Gasteiger partial charge in [0.05, 0.1) is 17.4 Å². The van der Waals surface area contributed by atoms with Crippen molar-refractivity contribution in [2.45, 2.75) is 13.1 Å². The molecule has 2 aromatic rings. The van der Waals surface area contributed by atoms with Crippen molar-refractivity contribution < 1.29 is 24.4 Å². The summed E-state index contributed by atoms with van der Waals surface area (Å²) >= 11 is 0. The number of aliphatic carboxylic acids is 1. The Bertz CT molecular complexity index is 771. The molecule has 0 saturated heterocycles. The normalized spacial score (nSPS) is 10.3. The van der Waals surface area contributed by atoms with Gasteiger partial charge in [-0.15, -0.1) is 0 Å². The Balaban J connectivity index is 1.89. The summed E-state index contributed by atoms with van der Waals surface area (Å²) < 4.78 is 6.24. The first kappa shape index (κ1) is 17.9. The first-order valence-corrected chi connectivity index (χ1v) is 7.20. The van der Waals surface area contributed by atoms with Crippen LogP contribution >= 0.6 is 0 Å². The van der Waals surface area contributed by atoms with Crippen LogP contribution in [0.15, 0.2) is 36.5 Å². The Morgan fingerprint density at radius 3 is 2.56 bits per heavy atom. The minimum atomic E-state index is -1.06. The van der Waals surface area contributed by atoms with E-state index in [2.05, 4.69) is 5.10 Å². The van der Waals surface area contributed by atoms with Gasteiger partial charge in [-0.3, -0.25) is 4.79 Å². The zero-order chi connectivity index (χ0) is 18.4. The number of carbonyl (C=O) groups is 2. The van der Waals surface area contributed by atoms with E-state index >= 15 is 0 Å². The molecule has 0 spiro atoms. The number of likely N-dealkylation sites (N-methyl/N-ethyl adjacent to an activating group) is 1. The molecule has 0 aliphatic heterocycles. The Hall–Kier alpha value is -3.43. The van der Waals surface area contributed by atoms with E-state index in [1.54, 1.807) is 31.3 Å². The van der Waals surface area contributed by atoms with Crippen molar-refractivity contribution in [1.29, 1.82) is 0 Å². The van der Waals surface area contributed by atoms with E-state index in [4.69, 9.17) is 9.84 Å². The fourth-order valence-electron chi connectivity index (χ4n) is 1.99. The quantitative estimate of drug-likeness (QED) is 0.555. The number of carboxylic acids is 1. The number of hydrogen-bond acceptors (Lipinski definition) is 6. The van der Waals surface area contributed by atoms with E-state index in [9.17, 15) is 19.7 Å². The van der Waals surface area contributed by atoms with Gasteiger partial charge in [-0.25, -0.2) is 4.79 Å². The summed E-state index contributed by atoms with van der Waals surface area (Å²) in [5.41, 5.74) is 0.824. The Labute approximate surface area is 142 Å². The fourth-order valence-corrected chi connectivity index (χ4v) is 1.99. The summed E-state index contributed by atoms with van der Waals surface area (Å²) in [4.78, 5) is 34.0. The van der Waals surface area contributed by atoms with Gasteiger partial charge in [0.2, 0.25) is 5.91 Å². The number of carboxylic acid groups (broad SMARTS) is 1. The van der Waals surface area contributed by atoms with Crippen LogP contribution in [-0.4, -0.2) is 50.2 Å². The summed E-state index contributed by atoms with van der Waals surface area (Å²) in [6, 6.07) is 7.91. The molecule has 0 bridgehead atoms. The third-order valence-electron chi connectivity index (χ3n) is 3.24. The van der Waals surface area contributed by atoms with Crippen molar-refractivity contribution >= 4 is 17.7 Å². The van der Waals surface area contributed by atoms with Crippen molar-refractivity contribution in [3.8, 4) is 5.75 Å². The highest BCUT2D eigenvalue weighted by Gasteiger charge is 2.16. The van der Waals surface area contributed by atoms with Crippen molar-refractivity contribution in [3.05, 3.63) is 52.2 Å². The third-order valence-corrected chi connectivity index (χ3v) is 3.24. The third kappa shape index (κ3) is 5.30. The highest BCUT2D eigenvalue weighted by atomic mass is 16.6. The molecule has 0 fully saturated rings. The summed E-state index contributed by atoms with van der Waals surface area (Å²) in [5.74, 6) is -1.21. The Morgan fingerprint density at radius 2 is 2.00 bits per heavy atom. The molecule has 1 aromatic carbocycles. The second kappa shape index (κ2) is 7.90. The Kier molecular flexibility index (Phi) is 5.66. The number of carbonyl (C=O) groups excluding carboxylic acids is 1. The maximum absolute atomic E-state index is 12.1. The van der Waals surface area contributed by atoms with E-state index in [1.165, 1.54) is 21.8 Å². The molecule has 1 amide bonds. The number of hydrogen-bond donors (Lipinski definition) is 1. The molecule has 0 unspecified atom stereocenters. The van der Waals surface area contributed by atoms with Gasteiger partial charge in [0.15, 0.2) is 6.61 Å². The van der Waals surface area contributed by atoms with Gasteiger partial charge in [-0.1, -0.05) is 12.1 Å². The maximum Gasteiger partial charge on any atom is 0.389 e. The summed E-state index contributed by atoms with van der Waals surface area (Å²) in [6.07, 6.45) is 1.37. The van der Waals surface area contributed by atoms with Crippen molar-refractivity contribution in [2.24, 2.45) is 0 Å². The van der Waals surface area contributed by atoms with E-state index < -0.39 is 17.5 Å². The van der Waals surface area contributed by atoms with Crippen molar-refractivity contribution in [1.82, 2.24) is 14.7 Å². The molecule has 25 heavy (non-hydrogen) atoms. The predicted molar refractivity (Wildman–Crippen MR) is 84.9 cm³/mol. The van der Waals surface area contributed by atoms with Crippen LogP contribution < -0.4 is 4.74 Å². The van der Waals surface area contributed by atoms with Gasteiger partial charge in [0, 0.05) is 13.6 Å². The topological polar surface area (TPSA) is 128 Å². The first-order chi connectivity index (χ1) is 11.8. The molecule has 0 radical (unpaired) electrons. The van der Waals surface area contributed by atoms with Crippen LogP contribution in [0.1, 0.15) is 5.56 Å². The van der Waals surface area contributed by atoms with Gasteiger partial charge in [-0.2, -0.15) is 4.68 Å². The van der Waals surface area contributed by atoms with E-state index in [0.717, 1.165) is 5.56 Å². The van der Waals surface area contributed by atoms with Crippen LogP contribution in [0.3, 0.4) is 0 Å². The van der Waals surface area contributed by atoms with Crippen LogP contribution in [0.2, 0.25) is 0 Å². The van der Waals surface area contributed by atoms with Crippen molar-refractivity contribution in [2.75, 3.05) is 13.7 Å². The molecule has 2 rings (SSSR count). The SMILES string of the molecule is CN(Cc1ccc(OCC(=O)O)cc1)C(=O)Cn1ccc([N+](=O)[O-])n1. The van der Waals surface area contributed by atoms with Gasteiger partial charge in [-0.05, 0) is 22.6 Å². The monoisotopic (exact) mass is 348 g/mol. The summed E-state index contributed by atoms with van der Waals surface area (Å²) in [6.45, 7) is -0.209. The molecule has 132 valence electrons. The highest BCUT2D eigenvalue weighted by Crippen LogP contribution is 2.13. The second-order valence-electron chi connectivity index (χ2n) is 5.20. The molecule has 0 atom stereocenters. The molecular formula is C15H16N4O6. The predicted octanol–water partition coefficient (Wildman–Crippen LogP) is 0.913. The lowest BCUT2D eigenvalue weighted by atomic mass is 10.2. The van der Waals surface area contributed by atoms with E-state index in [0.29, 0.717) is 12.3 Å². The zero-order valence-electron chi connectivity index (χ0n) is 13.4. The number of rotatable bonds is 8. The molecule has 0 aliphatic rings. The van der Waals surface area contributed by atoms with E-state index in [-0.39, 0.29) is 18.3 Å². The van der Waals surface area contributed by atoms with Gasteiger partial charge in [0.1, 0.15) is 12.3 Å². The molecular weight excluding hydrogens is 332 g/mol.